The number of hydrogen-bond donors (Lipinski definition) is 0. The van der Waals surface area contributed by atoms with Gasteiger partial charge in [-0.3, -0.25) is 0 Å². The number of rotatable bonds is 5. The molecule has 6 rings (SSSR count). The van der Waals surface area contributed by atoms with Crippen LogP contribution in [0.15, 0.2) is 76.1 Å². The van der Waals surface area contributed by atoms with Crippen molar-refractivity contribution in [1.29, 1.82) is 0 Å². The second-order valence-corrected chi connectivity index (χ2v) is 9.32. The molecule has 0 spiro atoms. The second kappa shape index (κ2) is 9.05. The predicted molar refractivity (Wildman–Crippen MR) is 138 cm³/mol. The average Bonchev–Trinajstić information content (AvgIpc) is 3.53. The summed E-state index contributed by atoms with van der Waals surface area (Å²) in [7, 11) is 3.25. The van der Waals surface area contributed by atoms with E-state index in [2.05, 4.69) is 0 Å². The Morgan fingerprint density at radius 3 is 2.53 bits per heavy atom. The fourth-order valence-corrected chi connectivity index (χ4v) is 5.00. The Hall–Kier alpha value is -4.30. The molecule has 3 heterocycles. The molecule has 0 aliphatic carbocycles. The van der Waals surface area contributed by atoms with Gasteiger partial charge in [0.1, 0.15) is 11.3 Å². The molecule has 0 saturated carbocycles. The number of aryl methyl sites for hydroxylation is 1. The lowest BCUT2D eigenvalue weighted by Crippen LogP contribution is -2.03. The summed E-state index contributed by atoms with van der Waals surface area (Å²) in [6, 6.07) is 21.3. The molecule has 0 atom stereocenters. The Labute approximate surface area is 211 Å². The number of methoxy groups -OCH3 is 2. The van der Waals surface area contributed by atoms with Gasteiger partial charge in [0, 0.05) is 27.5 Å². The van der Waals surface area contributed by atoms with Crippen LogP contribution in [-0.4, -0.2) is 26.0 Å². The molecule has 0 amide bonds. The van der Waals surface area contributed by atoms with Crippen molar-refractivity contribution in [3.63, 3.8) is 0 Å². The molecule has 0 bridgehead atoms. The summed E-state index contributed by atoms with van der Waals surface area (Å²) in [6.45, 7) is 2.26. The molecule has 0 saturated heterocycles. The molecule has 0 unspecified atom stereocenters. The van der Waals surface area contributed by atoms with Crippen LogP contribution < -0.4 is 24.3 Å². The molecule has 0 radical (unpaired) electrons. The minimum absolute atomic E-state index is 0.222. The third-order valence-electron chi connectivity index (χ3n) is 5.97. The first-order valence-electron chi connectivity index (χ1n) is 11.3. The first-order valence-corrected chi connectivity index (χ1v) is 12.1. The summed E-state index contributed by atoms with van der Waals surface area (Å²) in [5.74, 6) is 3.44. The summed E-state index contributed by atoms with van der Waals surface area (Å²) < 4.78 is 28.1. The highest BCUT2D eigenvalue weighted by atomic mass is 32.1. The van der Waals surface area contributed by atoms with Crippen LogP contribution in [0.25, 0.3) is 33.6 Å². The van der Waals surface area contributed by atoms with E-state index in [1.807, 2.05) is 73.7 Å². The Bertz CT molecular complexity index is 1670. The van der Waals surface area contributed by atoms with Crippen molar-refractivity contribution in [2.45, 2.75) is 6.92 Å². The van der Waals surface area contributed by atoms with Crippen LogP contribution in [-0.2, 0) is 0 Å². The van der Waals surface area contributed by atoms with E-state index >= 15 is 0 Å². The average molecular weight is 499 g/mol. The fourth-order valence-electron chi connectivity index (χ4n) is 4.19. The van der Waals surface area contributed by atoms with E-state index in [9.17, 15) is 0 Å². The van der Waals surface area contributed by atoms with Crippen molar-refractivity contribution in [2.75, 3.05) is 21.0 Å². The lowest BCUT2D eigenvalue weighted by atomic mass is 10.1. The third-order valence-corrected chi connectivity index (χ3v) is 6.83. The zero-order chi connectivity index (χ0) is 24.6. The van der Waals surface area contributed by atoms with Gasteiger partial charge in [-0.1, -0.05) is 23.5 Å². The van der Waals surface area contributed by atoms with Crippen molar-refractivity contribution in [1.82, 2.24) is 4.98 Å². The molecule has 3 aromatic carbocycles. The van der Waals surface area contributed by atoms with E-state index in [1.54, 1.807) is 14.2 Å². The van der Waals surface area contributed by atoms with Crippen molar-refractivity contribution in [3.05, 3.63) is 77.0 Å². The van der Waals surface area contributed by atoms with Gasteiger partial charge in [-0.2, -0.15) is 0 Å². The molecule has 2 aromatic heterocycles. The first-order chi connectivity index (χ1) is 17.6. The second-order valence-electron chi connectivity index (χ2n) is 8.14. The van der Waals surface area contributed by atoms with Gasteiger partial charge < -0.3 is 23.4 Å². The van der Waals surface area contributed by atoms with Gasteiger partial charge in [0.05, 0.1) is 25.3 Å². The minimum atomic E-state index is 0.222. The van der Waals surface area contributed by atoms with Gasteiger partial charge in [-0.15, -0.1) is 0 Å². The maximum Gasteiger partial charge on any atom is 0.231 e. The van der Waals surface area contributed by atoms with E-state index in [0.29, 0.717) is 28.1 Å². The molecule has 7 nitrogen and oxygen atoms in total. The summed E-state index contributed by atoms with van der Waals surface area (Å²) in [5.41, 5.74) is 3.42. The van der Waals surface area contributed by atoms with E-state index in [1.165, 1.54) is 11.3 Å². The molecular weight excluding hydrogens is 476 g/mol. The van der Waals surface area contributed by atoms with Crippen molar-refractivity contribution < 1.29 is 23.4 Å². The van der Waals surface area contributed by atoms with Gasteiger partial charge in [0.2, 0.25) is 11.9 Å². The molecule has 1 aliphatic heterocycles. The Kier molecular flexibility index (Phi) is 5.58. The highest BCUT2D eigenvalue weighted by Gasteiger charge is 2.16. The van der Waals surface area contributed by atoms with Crippen LogP contribution in [0.4, 0.5) is 5.13 Å². The number of nitrogens with zero attached hydrogens (tertiary/aromatic N) is 2. The van der Waals surface area contributed by atoms with Gasteiger partial charge in [0.25, 0.3) is 0 Å². The first kappa shape index (κ1) is 22.2. The lowest BCUT2D eigenvalue weighted by molar-refractivity contribution is 0.174. The molecule has 36 heavy (non-hydrogen) atoms. The summed E-state index contributed by atoms with van der Waals surface area (Å²) in [4.78, 5) is 10.9. The quantitative estimate of drug-likeness (QED) is 0.275. The molecule has 180 valence electrons. The summed E-state index contributed by atoms with van der Waals surface area (Å²) in [6.07, 6.45) is 0. The largest absolute Gasteiger partial charge is 0.493 e. The number of benzene rings is 3. The van der Waals surface area contributed by atoms with Crippen molar-refractivity contribution in [2.24, 2.45) is 4.99 Å². The molecule has 8 heteroatoms. The Morgan fingerprint density at radius 2 is 1.67 bits per heavy atom. The van der Waals surface area contributed by atoms with Gasteiger partial charge >= 0.3 is 0 Å². The zero-order valence-electron chi connectivity index (χ0n) is 19.9. The van der Waals surface area contributed by atoms with Crippen molar-refractivity contribution in [3.8, 4) is 45.6 Å². The zero-order valence-corrected chi connectivity index (χ0v) is 20.7. The molecule has 0 fully saturated rings. The summed E-state index contributed by atoms with van der Waals surface area (Å²) >= 11 is 1.54. The third kappa shape index (κ3) is 3.95. The standard InChI is InChI=1S/C28H22N2O5S/c1-16-27(18-9-10-22(31-2)25(13-18)32-3)30-28(36-16)29-20-14-24(35-21-7-5-4-6-19(20)21)17-8-11-23-26(12-17)34-15-33-23/h4-14H,15H2,1-3H3. The number of para-hydroxylation sites is 1. The molecular formula is C28H22N2O5S. The Balaban J connectivity index is 1.47. The predicted octanol–water partition coefficient (Wildman–Crippen LogP) is 6.51. The van der Waals surface area contributed by atoms with Gasteiger partial charge in [0.15, 0.2) is 23.0 Å². The van der Waals surface area contributed by atoms with E-state index < -0.39 is 0 Å². The van der Waals surface area contributed by atoms with Gasteiger partial charge in [-0.25, -0.2) is 9.98 Å². The monoisotopic (exact) mass is 498 g/mol. The van der Waals surface area contributed by atoms with Crippen LogP contribution in [0, 0.1) is 6.92 Å². The lowest BCUT2D eigenvalue weighted by Gasteiger charge is -2.08. The number of aromatic nitrogens is 1. The molecule has 1 aliphatic rings. The topological polar surface area (TPSA) is 75.3 Å². The maximum atomic E-state index is 6.23. The molecule has 0 N–H and O–H groups in total. The van der Waals surface area contributed by atoms with Crippen LogP contribution in [0.1, 0.15) is 4.88 Å². The number of hydrogen-bond acceptors (Lipinski definition) is 8. The SMILES string of the molecule is COc1ccc(-c2nc(N=c3cc(-c4ccc5c(c4)OCO5)oc4ccccc34)sc2C)cc1OC. The van der Waals surface area contributed by atoms with Crippen LogP contribution in [0.5, 0.6) is 23.0 Å². The number of thiazole rings is 1. The van der Waals surface area contributed by atoms with Crippen LogP contribution in [0.3, 0.4) is 0 Å². The van der Waals surface area contributed by atoms with E-state index in [-0.39, 0.29) is 6.79 Å². The fraction of sp³-hybridized carbons (Fsp3) is 0.143. The minimum Gasteiger partial charge on any atom is -0.493 e. The van der Waals surface area contributed by atoms with E-state index in [0.717, 1.165) is 43.8 Å². The number of fused-ring (bicyclic) bond motifs is 2. The number of ether oxygens (including phenoxy) is 4. The van der Waals surface area contributed by atoms with Gasteiger partial charge in [-0.05, 0) is 55.5 Å². The summed E-state index contributed by atoms with van der Waals surface area (Å²) in [5, 5.41) is 2.34. The smallest absolute Gasteiger partial charge is 0.231 e. The highest BCUT2D eigenvalue weighted by molar-refractivity contribution is 7.15. The van der Waals surface area contributed by atoms with Crippen LogP contribution >= 0.6 is 11.3 Å². The normalized spacial score (nSPS) is 12.8. The van der Waals surface area contributed by atoms with Crippen LogP contribution in [0.2, 0.25) is 0 Å². The van der Waals surface area contributed by atoms with Crippen molar-refractivity contribution >= 4 is 27.4 Å². The highest BCUT2D eigenvalue weighted by Crippen LogP contribution is 2.38. The maximum absolute atomic E-state index is 6.23. The molecule has 5 aromatic rings. The van der Waals surface area contributed by atoms with E-state index in [4.69, 9.17) is 33.3 Å². The Morgan fingerprint density at radius 1 is 0.861 bits per heavy atom.